The Morgan fingerprint density at radius 2 is 2.00 bits per heavy atom. The van der Waals surface area contributed by atoms with Crippen molar-refractivity contribution in [2.24, 2.45) is 0 Å². The zero-order valence-electron chi connectivity index (χ0n) is 12.7. The fourth-order valence-electron chi connectivity index (χ4n) is 1.85. The molecule has 0 aliphatic rings. The summed E-state index contributed by atoms with van der Waals surface area (Å²) in [7, 11) is 0. The summed E-state index contributed by atoms with van der Waals surface area (Å²) in [4.78, 5) is 24.2. The fraction of sp³-hybridized carbons (Fsp3) is 0.267. The molecule has 8 heteroatoms. The molecule has 0 radical (unpaired) electrons. The standard InChI is InChI=1S/C15H17FN4O2S/c1-8(2)19-14(21)12-11(17)13(23-20-12)15(22)18-7-9-5-3-4-6-10(9)16/h3-6,8H,7,17H2,1-2H3,(H,18,22)(H,19,21). The molecule has 1 aromatic heterocycles. The Hall–Kier alpha value is -2.48. The SMILES string of the molecule is CC(C)NC(=O)c1nsc(C(=O)NCc2ccccc2F)c1N. The Kier molecular flexibility index (Phi) is 5.28. The normalized spacial score (nSPS) is 10.6. The number of aromatic nitrogens is 1. The third-order valence-electron chi connectivity index (χ3n) is 2.97. The lowest BCUT2D eigenvalue weighted by atomic mass is 10.2. The second kappa shape index (κ2) is 7.19. The van der Waals surface area contributed by atoms with Crippen molar-refractivity contribution in [1.29, 1.82) is 0 Å². The smallest absolute Gasteiger partial charge is 0.273 e. The van der Waals surface area contributed by atoms with Crippen LogP contribution in [-0.4, -0.2) is 22.2 Å². The van der Waals surface area contributed by atoms with Gasteiger partial charge in [0.2, 0.25) is 0 Å². The highest BCUT2D eigenvalue weighted by molar-refractivity contribution is 7.09. The third-order valence-corrected chi connectivity index (χ3v) is 3.83. The van der Waals surface area contributed by atoms with Gasteiger partial charge in [-0.05, 0) is 31.4 Å². The number of halogens is 1. The molecule has 2 amide bonds. The van der Waals surface area contributed by atoms with Crippen LogP contribution in [0, 0.1) is 5.82 Å². The molecule has 0 unspecified atom stereocenters. The number of carbonyl (C=O) groups is 2. The van der Waals surface area contributed by atoms with E-state index in [2.05, 4.69) is 15.0 Å². The van der Waals surface area contributed by atoms with E-state index in [1.807, 2.05) is 13.8 Å². The van der Waals surface area contributed by atoms with Gasteiger partial charge < -0.3 is 16.4 Å². The lowest BCUT2D eigenvalue weighted by molar-refractivity contribution is 0.0939. The highest BCUT2D eigenvalue weighted by atomic mass is 32.1. The summed E-state index contributed by atoms with van der Waals surface area (Å²) in [5.41, 5.74) is 6.25. The van der Waals surface area contributed by atoms with Crippen molar-refractivity contribution in [2.75, 3.05) is 5.73 Å². The van der Waals surface area contributed by atoms with Gasteiger partial charge >= 0.3 is 0 Å². The van der Waals surface area contributed by atoms with E-state index in [9.17, 15) is 14.0 Å². The van der Waals surface area contributed by atoms with Crippen LogP contribution in [0.3, 0.4) is 0 Å². The van der Waals surface area contributed by atoms with E-state index < -0.39 is 17.6 Å². The van der Waals surface area contributed by atoms with Crippen LogP contribution < -0.4 is 16.4 Å². The van der Waals surface area contributed by atoms with Crippen LogP contribution in [0.15, 0.2) is 24.3 Å². The molecule has 23 heavy (non-hydrogen) atoms. The predicted molar refractivity (Wildman–Crippen MR) is 86.7 cm³/mol. The quantitative estimate of drug-likeness (QED) is 0.777. The van der Waals surface area contributed by atoms with Gasteiger partial charge in [-0.3, -0.25) is 9.59 Å². The highest BCUT2D eigenvalue weighted by Crippen LogP contribution is 2.22. The van der Waals surface area contributed by atoms with Crippen LogP contribution >= 0.6 is 11.5 Å². The maximum Gasteiger partial charge on any atom is 0.273 e. The van der Waals surface area contributed by atoms with Gasteiger partial charge in [0.25, 0.3) is 11.8 Å². The molecule has 1 aromatic carbocycles. The van der Waals surface area contributed by atoms with Crippen LogP contribution in [0.1, 0.15) is 39.6 Å². The predicted octanol–water partition coefficient (Wildman–Crippen LogP) is 1.93. The molecule has 0 spiro atoms. The van der Waals surface area contributed by atoms with E-state index in [0.29, 0.717) is 5.56 Å². The zero-order valence-corrected chi connectivity index (χ0v) is 13.5. The topological polar surface area (TPSA) is 97.1 Å². The maximum absolute atomic E-state index is 13.5. The molecule has 0 fully saturated rings. The lowest BCUT2D eigenvalue weighted by Crippen LogP contribution is -2.31. The van der Waals surface area contributed by atoms with Crippen molar-refractivity contribution in [1.82, 2.24) is 15.0 Å². The molecule has 2 aromatic rings. The van der Waals surface area contributed by atoms with Crippen molar-refractivity contribution in [2.45, 2.75) is 26.4 Å². The van der Waals surface area contributed by atoms with Crippen molar-refractivity contribution < 1.29 is 14.0 Å². The molecule has 0 bridgehead atoms. The van der Waals surface area contributed by atoms with Crippen molar-refractivity contribution in [3.05, 3.63) is 46.2 Å². The van der Waals surface area contributed by atoms with Crippen LogP contribution in [0.25, 0.3) is 0 Å². The monoisotopic (exact) mass is 336 g/mol. The van der Waals surface area contributed by atoms with E-state index in [4.69, 9.17) is 5.73 Å². The molecule has 1 heterocycles. The molecule has 0 aliphatic carbocycles. The summed E-state index contributed by atoms with van der Waals surface area (Å²) in [6, 6.07) is 6.08. The van der Waals surface area contributed by atoms with Crippen LogP contribution in [0.4, 0.5) is 10.1 Å². The molecule has 0 saturated carbocycles. The van der Waals surface area contributed by atoms with Gasteiger partial charge in [0.15, 0.2) is 5.69 Å². The summed E-state index contributed by atoms with van der Waals surface area (Å²) in [5, 5.41) is 5.23. The number of nitrogens with zero attached hydrogens (tertiary/aromatic N) is 1. The number of anilines is 1. The van der Waals surface area contributed by atoms with Crippen molar-refractivity contribution in [3.63, 3.8) is 0 Å². The fourth-order valence-corrected chi connectivity index (χ4v) is 2.57. The first-order valence-electron chi connectivity index (χ1n) is 6.97. The Bertz CT molecular complexity index is 730. The Balaban J connectivity index is 2.07. The first-order chi connectivity index (χ1) is 10.9. The molecule has 122 valence electrons. The van der Waals surface area contributed by atoms with E-state index in [0.717, 1.165) is 11.5 Å². The highest BCUT2D eigenvalue weighted by Gasteiger charge is 2.22. The van der Waals surface area contributed by atoms with Gasteiger partial charge in [-0.2, -0.15) is 4.37 Å². The molecule has 0 saturated heterocycles. The number of nitrogens with one attached hydrogen (secondary N) is 2. The number of rotatable bonds is 5. The number of amides is 2. The molecule has 6 nitrogen and oxygen atoms in total. The molecular formula is C15H17FN4O2S. The number of hydrogen-bond donors (Lipinski definition) is 3. The molecule has 4 N–H and O–H groups in total. The third kappa shape index (κ3) is 4.04. The molecule has 0 aliphatic heterocycles. The second-order valence-corrected chi connectivity index (χ2v) is 5.95. The van der Waals surface area contributed by atoms with Gasteiger partial charge in [-0.25, -0.2) is 4.39 Å². The Morgan fingerprint density at radius 1 is 1.30 bits per heavy atom. The number of benzene rings is 1. The van der Waals surface area contributed by atoms with E-state index >= 15 is 0 Å². The van der Waals surface area contributed by atoms with Gasteiger partial charge in [0.1, 0.15) is 10.7 Å². The molecule has 2 rings (SSSR count). The van der Waals surface area contributed by atoms with E-state index in [1.54, 1.807) is 18.2 Å². The summed E-state index contributed by atoms with van der Waals surface area (Å²) in [6.45, 7) is 3.64. The Morgan fingerprint density at radius 3 is 2.65 bits per heavy atom. The minimum absolute atomic E-state index is 0.0242. The van der Waals surface area contributed by atoms with Crippen LogP contribution in [0.5, 0.6) is 0 Å². The number of nitrogens with two attached hydrogens (primary N) is 1. The van der Waals surface area contributed by atoms with Crippen molar-refractivity contribution in [3.8, 4) is 0 Å². The average Bonchev–Trinajstić information content (AvgIpc) is 2.87. The van der Waals surface area contributed by atoms with Gasteiger partial charge in [-0.1, -0.05) is 18.2 Å². The maximum atomic E-state index is 13.5. The van der Waals surface area contributed by atoms with Gasteiger partial charge in [0, 0.05) is 18.2 Å². The minimum atomic E-state index is -0.494. The number of nitrogen functional groups attached to an aromatic ring is 1. The number of carbonyl (C=O) groups excluding carboxylic acids is 2. The second-order valence-electron chi connectivity index (χ2n) is 5.18. The molecular weight excluding hydrogens is 319 g/mol. The summed E-state index contributed by atoms with van der Waals surface area (Å²) in [5.74, 6) is -1.32. The molecule has 0 atom stereocenters. The first kappa shape index (κ1) is 16.9. The van der Waals surface area contributed by atoms with Crippen LogP contribution in [-0.2, 0) is 6.54 Å². The van der Waals surface area contributed by atoms with Crippen LogP contribution in [0.2, 0.25) is 0 Å². The van der Waals surface area contributed by atoms with E-state index in [-0.39, 0.29) is 28.8 Å². The van der Waals surface area contributed by atoms with Gasteiger partial charge in [0.05, 0.1) is 5.69 Å². The Labute approximate surface area is 137 Å². The largest absolute Gasteiger partial charge is 0.395 e. The summed E-state index contributed by atoms with van der Waals surface area (Å²) in [6.07, 6.45) is 0. The zero-order chi connectivity index (χ0) is 17.0. The number of hydrogen-bond acceptors (Lipinski definition) is 5. The summed E-state index contributed by atoms with van der Waals surface area (Å²) >= 11 is 0.837. The van der Waals surface area contributed by atoms with Crippen molar-refractivity contribution >= 4 is 29.0 Å². The first-order valence-corrected chi connectivity index (χ1v) is 7.75. The summed E-state index contributed by atoms with van der Waals surface area (Å²) < 4.78 is 17.4. The minimum Gasteiger partial charge on any atom is -0.395 e. The van der Waals surface area contributed by atoms with E-state index in [1.165, 1.54) is 6.07 Å². The lowest BCUT2D eigenvalue weighted by Gasteiger charge is -2.07. The average molecular weight is 336 g/mol. The van der Waals surface area contributed by atoms with Gasteiger partial charge in [-0.15, -0.1) is 0 Å².